The molecule has 9 nitrogen and oxygen atoms in total. The summed E-state index contributed by atoms with van der Waals surface area (Å²) in [6.45, 7) is 3.91. The lowest BCUT2D eigenvalue weighted by atomic mass is 9.99. The average molecular weight is 1210 g/mol. The maximum atomic E-state index is 13.2. The highest BCUT2D eigenvalue weighted by molar-refractivity contribution is 5.76. The molecule has 1 aliphatic rings. The molecule has 7 atom stereocenters. The van der Waals surface area contributed by atoms with E-state index in [-0.39, 0.29) is 12.5 Å². The molecule has 1 fully saturated rings. The Balaban J connectivity index is 2.04. The van der Waals surface area contributed by atoms with Crippen LogP contribution in [0.15, 0.2) is 12.2 Å². The van der Waals surface area contributed by atoms with Gasteiger partial charge in [-0.1, -0.05) is 379 Å². The monoisotopic (exact) mass is 1200 g/mol. The van der Waals surface area contributed by atoms with Crippen LogP contribution in [0.3, 0.4) is 0 Å². The van der Waals surface area contributed by atoms with Crippen LogP contribution >= 0.6 is 0 Å². The van der Waals surface area contributed by atoms with Gasteiger partial charge in [-0.15, -0.1) is 0 Å². The van der Waals surface area contributed by atoms with E-state index in [0.717, 1.165) is 38.5 Å². The molecule has 7 unspecified atom stereocenters. The number of ether oxygens (including phenoxy) is 2. The van der Waals surface area contributed by atoms with Crippen molar-refractivity contribution in [1.29, 1.82) is 0 Å². The maximum Gasteiger partial charge on any atom is 0.220 e. The van der Waals surface area contributed by atoms with Gasteiger partial charge in [0.1, 0.15) is 24.4 Å². The van der Waals surface area contributed by atoms with Crippen molar-refractivity contribution in [1.82, 2.24) is 5.32 Å². The smallest absolute Gasteiger partial charge is 0.220 e. The fourth-order valence-corrected chi connectivity index (χ4v) is 12.9. The molecule has 6 N–H and O–H groups in total. The van der Waals surface area contributed by atoms with Crippen molar-refractivity contribution in [3.05, 3.63) is 12.2 Å². The third-order valence-electron chi connectivity index (χ3n) is 18.9. The molecule has 0 bridgehead atoms. The fourth-order valence-electron chi connectivity index (χ4n) is 12.9. The second-order valence-corrected chi connectivity index (χ2v) is 27.2. The Bertz CT molecular complexity index is 1350. The summed E-state index contributed by atoms with van der Waals surface area (Å²) in [5.41, 5.74) is 0. The van der Waals surface area contributed by atoms with Gasteiger partial charge in [-0.3, -0.25) is 4.79 Å². The van der Waals surface area contributed by atoms with Gasteiger partial charge in [0, 0.05) is 6.42 Å². The van der Waals surface area contributed by atoms with E-state index in [9.17, 15) is 30.3 Å². The summed E-state index contributed by atoms with van der Waals surface area (Å²) in [7, 11) is 0. The van der Waals surface area contributed by atoms with E-state index >= 15 is 0 Å². The number of hydrogen-bond acceptors (Lipinski definition) is 8. The van der Waals surface area contributed by atoms with Crippen LogP contribution in [0, 0.1) is 0 Å². The molecule has 0 aliphatic carbocycles. The molecule has 1 saturated heterocycles. The van der Waals surface area contributed by atoms with Crippen molar-refractivity contribution in [2.45, 2.75) is 455 Å². The zero-order valence-electron chi connectivity index (χ0n) is 56.9. The number of aliphatic hydroxyl groups is 5. The molecule has 9 heteroatoms. The third-order valence-corrected chi connectivity index (χ3v) is 18.9. The molecule has 506 valence electrons. The van der Waals surface area contributed by atoms with E-state index in [1.54, 1.807) is 0 Å². The number of rotatable bonds is 69. The minimum Gasteiger partial charge on any atom is -0.394 e. The Labute approximate surface area is 528 Å². The minimum atomic E-state index is -1.55. The number of nitrogens with one attached hydrogen (secondary N) is 1. The number of unbranched alkanes of at least 4 members (excludes halogenated alkanes) is 57. The van der Waals surface area contributed by atoms with Gasteiger partial charge in [0.15, 0.2) is 6.29 Å². The summed E-state index contributed by atoms with van der Waals surface area (Å²) in [5, 5.41) is 55.0. The van der Waals surface area contributed by atoms with E-state index < -0.39 is 49.5 Å². The van der Waals surface area contributed by atoms with Crippen LogP contribution in [0.4, 0.5) is 0 Å². The van der Waals surface area contributed by atoms with Gasteiger partial charge >= 0.3 is 0 Å². The second kappa shape index (κ2) is 65.9. The molecule has 1 aliphatic heterocycles. The average Bonchev–Trinajstić information content (AvgIpc) is 3.57. The largest absolute Gasteiger partial charge is 0.394 e. The highest BCUT2D eigenvalue weighted by atomic mass is 16.7. The molecule has 1 amide bonds. The lowest BCUT2D eigenvalue weighted by Crippen LogP contribution is -2.60. The minimum absolute atomic E-state index is 0.131. The van der Waals surface area contributed by atoms with Crippen LogP contribution in [-0.2, 0) is 14.3 Å². The van der Waals surface area contributed by atoms with E-state index in [1.807, 2.05) is 0 Å². The predicted octanol–water partition coefficient (Wildman–Crippen LogP) is 21.4. The predicted molar refractivity (Wildman–Crippen MR) is 364 cm³/mol. The van der Waals surface area contributed by atoms with Crippen molar-refractivity contribution in [3.63, 3.8) is 0 Å². The number of hydrogen-bond donors (Lipinski definition) is 6. The molecule has 0 aromatic carbocycles. The Kier molecular flexibility index (Phi) is 63.5. The molecule has 0 aromatic heterocycles. The Morgan fingerprint density at radius 3 is 0.953 bits per heavy atom. The Morgan fingerprint density at radius 2 is 0.659 bits per heavy atom. The fraction of sp³-hybridized carbons (Fsp3) is 0.961. The van der Waals surface area contributed by atoms with Crippen LogP contribution in [0.25, 0.3) is 0 Å². The molecule has 0 radical (unpaired) electrons. The molecule has 0 aromatic rings. The van der Waals surface area contributed by atoms with E-state index in [4.69, 9.17) is 9.47 Å². The molecule has 1 rings (SSSR count). The van der Waals surface area contributed by atoms with Gasteiger partial charge in [-0.05, 0) is 38.5 Å². The number of amides is 1. The summed E-state index contributed by atoms with van der Waals surface area (Å²) in [6, 6.07) is -0.717. The normalized spacial score (nSPS) is 18.0. The highest BCUT2D eigenvalue weighted by Crippen LogP contribution is 2.24. The first-order valence-electron chi connectivity index (χ1n) is 38.4. The molecular formula is C76H149NO8. The maximum absolute atomic E-state index is 13.2. The summed E-state index contributed by atoms with van der Waals surface area (Å²) in [4.78, 5) is 13.2. The first kappa shape index (κ1) is 81.9. The van der Waals surface area contributed by atoms with Gasteiger partial charge < -0.3 is 40.3 Å². The van der Waals surface area contributed by atoms with Gasteiger partial charge in [0.25, 0.3) is 0 Å². The van der Waals surface area contributed by atoms with Crippen LogP contribution in [-0.4, -0.2) is 87.5 Å². The van der Waals surface area contributed by atoms with E-state index in [0.29, 0.717) is 12.8 Å². The summed E-state index contributed by atoms with van der Waals surface area (Å²) in [5.74, 6) is -0.133. The van der Waals surface area contributed by atoms with Crippen LogP contribution in [0.5, 0.6) is 0 Å². The lowest BCUT2D eigenvalue weighted by molar-refractivity contribution is -0.302. The highest BCUT2D eigenvalue weighted by Gasteiger charge is 2.44. The van der Waals surface area contributed by atoms with Crippen LogP contribution in [0.2, 0.25) is 0 Å². The zero-order chi connectivity index (χ0) is 61.4. The van der Waals surface area contributed by atoms with Crippen molar-refractivity contribution in [3.8, 4) is 0 Å². The third kappa shape index (κ3) is 54.4. The zero-order valence-corrected chi connectivity index (χ0v) is 56.9. The molecule has 0 saturated carbocycles. The first-order valence-corrected chi connectivity index (χ1v) is 38.4. The first-order chi connectivity index (χ1) is 41.8. The quantitative estimate of drug-likeness (QED) is 0.0261. The Morgan fingerprint density at radius 1 is 0.388 bits per heavy atom. The van der Waals surface area contributed by atoms with Gasteiger partial charge in [0.2, 0.25) is 5.91 Å². The SMILES string of the molecule is CCCCCCCCCC/C=C\CCCCCCCCCCCCCCCCCCCCCCCCCCCC(=O)NC(COC1OC(CO)C(O)C(O)C1O)C(O)CCCCCCCCCCCCCCCCCCCCCCCCCCC. The molecule has 1 heterocycles. The number of aliphatic hydroxyl groups excluding tert-OH is 5. The summed E-state index contributed by atoms with van der Waals surface area (Å²) in [6.07, 6.45) is 78.9. The van der Waals surface area contributed by atoms with Crippen molar-refractivity contribution < 1.29 is 39.8 Å². The van der Waals surface area contributed by atoms with Gasteiger partial charge in [0.05, 0.1) is 25.4 Å². The summed E-state index contributed by atoms with van der Waals surface area (Å²) >= 11 is 0. The van der Waals surface area contributed by atoms with Gasteiger partial charge in [-0.2, -0.15) is 0 Å². The van der Waals surface area contributed by atoms with E-state index in [2.05, 4.69) is 31.3 Å². The van der Waals surface area contributed by atoms with Gasteiger partial charge in [-0.25, -0.2) is 0 Å². The second-order valence-electron chi connectivity index (χ2n) is 27.2. The molecular weight excluding hydrogens is 1050 g/mol. The Hall–Kier alpha value is -1.07. The van der Waals surface area contributed by atoms with Crippen LogP contribution in [0.1, 0.15) is 412 Å². The molecule has 0 spiro atoms. The molecule has 85 heavy (non-hydrogen) atoms. The van der Waals surface area contributed by atoms with Crippen LogP contribution < -0.4 is 5.32 Å². The lowest BCUT2D eigenvalue weighted by Gasteiger charge is -2.40. The standard InChI is InChI=1S/C76H149NO8/c1-3-5-7-9-11-13-15-17-19-21-23-25-27-29-30-31-32-33-34-35-36-37-38-39-40-42-44-46-48-50-52-54-56-58-60-62-64-66-72(80)77-69(68-84-76-75(83)74(82)73(81)71(67-78)85-76)70(79)65-63-61-59-57-55-53-51-49-47-45-43-41-28-26-24-22-20-18-16-14-12-10-8-6-4-2/h21,23,69-71,73-76,78-79,81-83H,3-20,22,24-68H2,1-2H3,(H,77,80)/b23-21-. The van der Waals surface area contributed by atoms with Crippen molar-refractivity contribution in [2.24, 2.45) is 0 Å². The number of carbonyl (C=O) groups excluding carboxylic acids is 1. The van der Waals surface area contributed by atoms with Crippen molar-refractivity contribution in [2.75, 3.05) is 13.2 Å². The van der Waals surface area contributed by atoms with Crippen molar-refractivity contribution >= 4 is 5.91 Å². The number of carbonyl (C=O) groups is 1. The summed E-state index contributed by atoms with van der Waals surface area (Å²) < 4.78 is 11.4. The van der Waals surface area contributed by atoms with E-state index in [1.165, 1.54) is 347 Å². The number of allylic oxidation sites excluding steroid dienone is 2. The topological polar surface area (TPSA) is 149 Å².